The van der Waals surface area contributed by atoms with Crippen molar-refractivity contribution in [2.24, 2.45) is 0 Å². The summed E-state index contributed by atoms with van der Waals surface area (Å²) in [6.45, 7) is 0. The van der Waals surface area contributed by atoms with Crippen LogP contribution < -0.4 is 5.32 Å². The van der Waals surface area contributed by atoms with Crippen LogP contribution in [-0.4, -0.2) is 30.8 Å². The van der Waals surface area contributed by atoms with E-state index in [1.54, 1.807) is 18.2 Å². The standard InChI is InChI=1S/C14H10BrN3O5S/c1-24(20,21)9-4-2-8(3-5-9)13-17-18-14(23-13)16-12(19)10-6-7-11(15)22-10/h2-7H,1H3,(H,16,18,19). The van der Waals surface area contributed by atoms with Gasteiger partial charge in [0.2, 0.25) is 5.89 Å². The van der Waals surface area contributed by atoms with Gasteiger partial charge in [0, 0.05) is 11.8 Å². The van der Waals surface area contributed by atoms with E-state index in [-0.39, 0.29) is 22.6 Å². The molecule has 1 aromatic carbocycles. The number of anilines is 1. The van der Waals surface area contributed by atoms with Crippen LogP contribution in [0.4, 0.5) is 6.01 Å². The summed E-state index contributed by atoms with van der Waals surface area (Å²) in [7, 11) is -3.28. The Hall–Kier alpha value is -2.46. The van der Waals surface area contributed by atoms with E-state index in [2.05, 4.69) is 31.4 Å². The number of amides is 1. The molecule has 0 radical (unpaired) electrons. The molecule has 0 fully saturated rings. The molecule has 1 amide bonds. The van der Waals surface area contributed by atoms with E-state index in [0.29, 0.717) is 10.2 Å². The van der Waals surface area contributed by atoms with Crippen molar-refractivity contribution in [3.8, 4) is 11.5 Å². The Morgan fingerprint density at radius 2 is 1.79 bits per heavy atom. The first kappa shape index (κ1) is 16.4. The summed E-state index contributed by atoms with van der Waals surface area (Å²) in [6.07, 6.45) is 1.12. The fraction of sp³-hybridized carbons (Fsp3) is 0.0714. The quantitative estimate of drug-likeness (QED) is 0.701. The molecule has 3 rings (SSSR count). The lowest BCUT2D eigenvalue weighted by molar-refractivity contribution is 0.0992. The fourth-order valence-corrected chi connectivity index (χ4v) is 2.77. The maximum atomic E-state index is 11.9. The first-order chi connectivity index (χ1) is 11.3. The van der Waals surface area contributed by atoms with Crippen LogP contribution in [-0.2, 0) is 9.84 Å². The summed E-state index contributed by atoms with van der Waals surface area (Å²) >= 11 is 3.10. The van der Waals surface area contributed by atoms with Gasteiger partial charge in [0.05, 0.1) is 4.90 Å². The molecule has 1 N–H and O–H groups in total. The van der Waals surface area contributed by atoms with Crippen LogP contribution in [0.2, 0.25) is 0 Å². The van der Waals surface area contributed by atoms with Gasteiger partial charge in [0.15, 0.2) is 20.3 Å². The van der Waals surface area contributed by atoms with Gasteiger partial charge in [-0.2, -0.15) is 0 Å². The molecule has 0 bridgehead atoms. The van der Waals surface area contributed by atoms with Crippen LogP contribution >= 0.6 is 15.9 Å². The number of sulfone groups is 1. The summed E-state index contributed by atoms with van der Waals surface area (Å²) in [5.41, 5.74) is 0.524. The predicted molar refractivity (Wildman–Crippen MR) is 87.2 cm³/mol. The van der Waals surface area contributed by atoms with E-state index >= 15 is 0 Å². The number of hydrogen-bond acceptors (Lipinski definition) is 7. The molecule has 2 heterocycles. The first-order valence-electron chi connectivity index (χ1n) is 6.53. The molecule has 0 unspecified atom stereocenters. The summed E-state index contributed by atoms with van der Waals surface area (Å²) < 4.78 is 33.7. The third kappa shape index (κ3) is 3.54. The minimum atomic E-state index is -3.28. The summed E-state index contributed by atoms with van der Waals surface area (Å²) in [5, 5.41) is 9.93. The molecule has 10 heteroatoms. The highest BCUT2D eigenvalue weighted by Gasteiger charge is 2.16. The molecule has 2 aromatic heterocycles. The largest absolute Gasteiger partial charge is 0.444 e. The molecule has 0 saturated carbocycles. The van der Waals surface area contributed by atoms with Crippen molar-refractivity contribution in [3.05, 3.63) is 46.8 Å². The predicted octanol–water partition coefficient (Wildman–Crippen LogP) is 2.75. The van der Waals surface area contributed by atoms with Crippen LogP contribution in [0, 0.1) is 0 Å². The Kier molecular flexibility index (Phi) is 4.24. The van der Waals surface area contributed by atoms with Crippen molar-refractivity contribution in [1.82, 2.24) is 10.2 Å². The maximum Gasteiger partial charge on any atom is 0.322 e. The molecule has 0 aliphatic heterocycles. The second-order valence-corrected chi connectivity index (χ2v) is 7.56. The number of nitrogens with zero attached hydrogens (tertiary/aromatic N) is 2. The Morgan fingerprint density at radius 1 is 1.08 bits per heavy atom. The van der Waals surface area contributed by atoms with Crippen LogP contribution in [0.1, 0.15) is 10.6 Å². The lowest BCUT2D eigenvalue weighted by Gasteiger charge is -1.99. The van der Waals surface area contributed by atoms with Gasteiger partial charge in [-0.15, -0.1) is 5.10 Å². The topological polar surface area (TPSA) is 115 Å². The number of rotatable bonds is 4. The Morgan fingerprint density at radius 3 is 2.38 bits per heavy atom. The van der Waals surface area contributed by atoms with E-state index in [9.17, 15) is 13.2 Å². The van der Waals surface area contributed by atoms with Crippen molar-refractivity contribution >= 4 is 37.7 Å². The first-order valence-corrected chi connectivity index (χ1v) is 9.22. The molecular weight excluding hydrogens is 402 g/mol. The van der Waals surface area contributed by atoms with E-state index in [1.807, 2.05) is 0 Å². The van der Waals surface area contributed by atoms with Crippen molar-refractivity contribution in [2.75, 3.05) is 11.6 Å². The minimum absolute atomic E-state index is 0.0825. The Balaban J connectivity index is 1.77. The number of halogens is 1. The van der Waals surface area contributed by atoms with Gasteiger partial charge in [-0.3, -0.25) is 10.1 Å². The fourth-order valence-electron chi connectivity index (χ4n) is 1.83. The highest BCUT2D eigenvalue weighted by atomic mass is 79.9. The Labute approximate surface area is 144 Å². The monoisotopic (exact) mass is 411 g/mol. The van der Waals surface area contributed by atoms with Crippen molar-refractivity contribution < 1.29 is 22.0 Å². The van der Waals surface area contributed by atoms with Gasteiger partial charge in [-0.1, -0.05) is 5.10 Å². The second-order valence-electron chi connectivity index (χ2n) is 4.77. The number of benzene rings is 1. The van der Waals surface area contributed by atoms with Gasteiger partial charge < -0.3 is 8.83 Å². The highest BCUT2D eigenvalue weighted by molar-refractivity contribution is 9.10. The number of carbonyl (C=O) groups is 1. The van der Waals surface area contributed by atoms with Crippen LogP contribution in [0.5, 0.6) is 0 Å². The molecule has 0 saturated heterocycles. The molecule has 8 nitrogen and oxygen atoms in total. The normalized spacial score (nSPS) is 11.4. The molecular formula is C14H10BrN3O5S. The zero-order valence-electron chi connectivity index (χ0n) is 12.2. The van der Waals surface area contributed by atoms with Crippen molar-refractivity contribution in [2.45, 2.75) is 4.90 Å². The van der Waals surface area contributed by atoms with E-state index < -0.39 is 15.7 Å². The second kappa shape index (κ2) is 6.21. The van der Waals surface area contributed by atoms with Crippen molar-refractivity contribution in [3.63, 3.8) is 0 Å². The van der Waals surface area contributed by atoms with Crippen molar-refractivity contribution in [1.29, 1.82) is 0 Å². The molecule has 0 aliphatic carbocycles. The zero-order chi connectivity index (χ0) is 17.3. The summed E-state index contributed by atoms with van der Waals surface area (Å²) in [5.74, 6) is -0.312. The number of hydrogen-bond donors (Lipinski definition) is 1. The molecule has 0 atom stereocenters. The van der Waals surface area contributed by atoms with Gasteiger partial charge >= 0.3 is 6.01 Å². The SMILES string of the molecule is CS(=O)(=O)c1ccc(-c2nnc(NC(=O)c3ccc(Br)o3)o2)cc1. The highest BCUT2D eigenvalue weighted by Crippen LogP contribution is 2.22. The molecule has 24 heavy (non-hydrogen) atoms. The average molecular weight is 412 g/mol. The van der Waals surface area contributed by atoms with Gasteiger partial charge in [0.1, 0.15) is 0 Å². The third-order valence-corrected chi connectivity index (χ3v) is 4.53. The molecule has 124 valence electrons. The maximum absolute atomic E-state index is 11.9. The number of nitrogens with one attached hydrogen (secondary N) is 1. The molecule has 3 aromatic rings. The van der Waals surface area contributed by atoms with E-state index in [4.69, 9.17) is 8.83 Å². The smallest absolute Gasteiger partial charge is 0.322 e. The van der Waals surface area contributed by atoms with Crippen LogP contribution in [0.15, 0.2) is 54.8 Å². The molecule has 0 aliphatic rings. The van der Waals surface area contributed by atoms with Gasteiger partial charge in [-0.05, 0) is 52.3 Å². The van der Waals surface area contributed by atoms with E-state index in [0.717, 1.165) is 6.26 Å². The third-order valence-electron chi connectivity index (χ3n) is 2.97. The average Bonchev–Trinajstić information content (AvgIpc) is 3.16. The van der Waals surface area contributed by atoms with E-state index in [1.165, 1.54) is 18.2 Å². The summed E-state index contributed by atoms with van der Waals surface area (Å²) in [4.78, 5) is 12.1. The number of aromatic nitrogens is 2. The lowest BCUT2D eigenvalue weighted by atomic mass is 10.2. The van der Waals surface area contributed by atoms with Crippen LogP contribution in [0.25, 0.3) is 11.5 Å². The zero-order valence-corrected chi connectivity index (χ0v) is 14.6. The van der Waals surface area contributed by atoms with Gasteiger partial charge in [-0.25, -0.2) is 8.42 Å². The molecule has 0 spiro atoms. The summed E-state index contributed by atoms with van der Waals surface area (Å²) in [6, 6.07) is 8.92. The number of furan rings is 1. The Bertz CT molecular complexity index is 992. The minimum Gasteiger partial charge on any atom is -0.444 e. The number of carbonyl (C=O) groups excluding carboxylic acids is 1. The lowest BCUT2D eigenvalue weighted by Crippen LogP contribution is -2.10. The van der Waals surface area contributed by atoms with Crippen LogP contribution in [0.3, 0.4) is 0 Å². The van der Waals surface area contributed by atoms with Gasteiger partial charge in [0.25, 0.3) is 5.91 Å².